The number of amides is 16. The third-order valence-electron chi connectivity index (χ3n) is 20.5. The molecule has 2 aromatic heterocycles. The Balaban J connectivity index is 0.000000283. The number of hydrogen-bond acceptors (Lipinski definition) is 26. The minimum absolute atomic E-state index is 0.000716. The van der Waals surface area contributed by atoms with Crippen LogP contribution in [0, 0.1) is 11.3 Å². The topological polar surface area (TPSA) is 663 Å². The van der Waals surface area contributed by atoms with E-state index in [1.54, 1.807) is 12.4 Å². The van der Waals surface area contributed by atoms with Gasteiger partial charge in [-0.15, -0.1) is 0 Å². The lowest BCUT2D eigenvalue weighted by Gasteiger charge is -2.28. The summed E-state index contributed by atoms with van der Waals surface area (Å²) in [6.07, 6.45) is 0.768. The highest BCUT2D eigenvalue weighted by atomic mass is 33.1. The van der Waals surface area contributed by atoms with E-state index >= 15 is 0 Å². The summed E-state index contributed by atoms with van der Waals surface area (Å²) in [5, 5.41) is 61.2. The van der Waals surface area contributed by atoms with E-state index < -0.39 is 206 Å². The number of rotatable bonds is 19. The van der Waals surface area contributed by atoms with Crippen LogP contribution < -0.4 is 86.3 Å². The lowest BCUT2D eigenvalue weighted by Crippen LogP contribution is -2.58. The van der Waals surface area contributed by atoms with E-state index in [1.165, 1.54) is 58.7 Å². The normalized spacial score (nSPS) is 24.7. The van der Waals surface area contributed by atoms with Crippen molar-refractivity contribution < 1.29 is 106 Å². The van der Waals surface area contributed by atoms with E-state index in [9.17, 15) is 96.5 Å². The lowest BCUT2D eigenvalue weighted by atomic mass is 9.97. The van der Waals surface area contributed by atoms with Crippen molar-refractivity contribution in [2.24, 2.45) is 23.1 Å². The number of ether oxygens (including phenoxy) is 2. The van der Waals surface area contributed by atoms with Gasteiger partial charge in [-0.05, 0) is 76.2 Å². The number of piperidine rings is 1. The second kappa shape index (κ2) is 47.2. The van der Waals surface area contributed by atoms with Gasteiger partial charge in [-0.2, -0.15) is 0 Å². The second-order valence-corrected chi connectivity index (χ2v) is 35.0. The van der Waals surface area contributed by atoms with Gasteiger partial charge >= 0.3 is 11.9 Å². The van der Waals surface area contributed by atoms with Crippen molar-refractivity contribution in [1.29, 1.82) is 5.41 Å². The number of aliphatic carboxylic acids is 2. The zero-order valence-electron chi connectivity index (χ0n) is 68.0. The van der Waals surface area contributed by atoms with E-state index in [4.69, 9.17) is 32.1 Å². The first-order valence-corrected chi connectivity index (χ1v) is 44.8. The zero-order valence-corrected chi connectivity index (χ0v) is 71.2. The quantitative estimate of drug-likeness (QED) is 0.0216. The summed E-state index contributed by atoms with van der Waals surface area (Å²) in [6.45, 7) is 2.18. The highest BCUT2D eigenvalue weighted by molar-refractivity contribution is 8.77. The number of nitrogens with zero attached hydrogens (tertiary/aromatic N) is 2. The molecular formula is C78H101N21O22S4. The Morgan fingerprint density at radius 3 is 1.38 bits per heavy atom. The molecule has 12 atom stereocenters. The second-order valence-electron chi connectivity index (χ2n) is 29.8. The van der Waals surface area contributed by atoms with E-state index in [-0.39, 0.29) is 99.2 Å². The fourth-order valence-corrected chi connectivity index (χ4v) is 18.2. The number of anilines is 1. The highest BCUT2D eigenvalue weighted by Gasteiger charge is 2.46. The number of amidine groups is 1. The summed E-state index contributed by atoms with van der Waals surface area (Å²) >= 11 is 0. The first-order chi connectivity index (χ1) is 59.7. The van der Waals surface area contributed by atoms with Crippen LogP contribution in [0.3, 0.4) is 0 Å². The molecule has 47 heteroatoms. The van der Waals surface area contributed by atoms with Crippen molar-refractivity contribution >= 4 is 183 Å². The molecule has 5 saturated heterocycles. The van der Waals surface area contributed by atoms with Crippen molar-refractivity contribution in [1.82, 2.24) is 83.6 Å². The molecular weight excluding hydrogens is 1710 g/mol. The summed E-state index contributed by atoms with van der Waals surface area (Å²) in [5.74, 6) is -15.9. The van der Waals surface area contributed by atoms with Crippen LogP contribution in [0.25, 0.3) is 21.8 Å². The average Bonchev–Trinajstić information content (AvgIpc) is 1.67. The number of para-hydroxylation sites is 2. The number of carboxylic acids is 2. The molecule has 2 unspecified atom stereocenters. The molecule has 7 heterocycles. The number of carbonyl (C=O) groups is 18. The molecule has 674 valence electrons. The number of nitrogens with two attached hydrogens (primary N) is 3. The summed E-state index contributed by atoms with van der Waals surface area (Å²) < 4.78 is 12.4. The van der Waals surface area contributed by atoms with Gasteiger partial charge in [0.15, 0.2) is 0 Å². The molecule has 0 saturated carbocycles. The smallest absolute Gasteiger partial charge is 0.305 e. The van der Waals surface area contributed by atoms with Gasteiger partial charge in [0.1, 0.15) is 66.3 Å². The van der Waals surface area contributed by atoms with E-state index in [0.717, 1.165) is 65.3 Å². The van der Waals surface area contributed by atoms with E-state index in [2.05, 4.69) is 79.1 Å². The standard InChI is InChI=1S/C40H49N11O11S2.C38H52N10O11S2/c1-20-40(61)51-17-24(62-18-22-15-44-26-5-3-2-4-25(22)26)12-30(51)39(60)50-29(36(43)57)19-64-63-11-10-31(52)48-27(13-32(53)47-23-8-6-21(7-9-23)35(41)42)37(58)45-16-33(54)49-28(14-34(55)56)38(59)46-20;1-20-38(58)48-17-23(59-18-22-14-41-25-5-3-2-4-24(22)25)12-29(48)37(57)47-28(33(39)53)19-61-60-11-8-30(49)46-27(15-42-34(54)21-6-9-40-10-7-21)35(55)43-16-31(50)45-26(13-32(51)52)36(56)44-20/h2-9,15,20,24,27-30,44H,10-14,16-19H2,1H3,(H3,41,42)(H2,43,57)(H,45,58)(H,46,59)(H,47,53)(H,48,52)(H,49,54)(H,50,60)(H,55,56);2-5,14,20-21,23,26-29,40-41H,6-13,15-19H2,1H3,(H2,39,53)(H,42,54)(H,43,55)(H,44,56)(H,45,50)(H,46,49)(H,47,57)(H,51,52)/t20-,24?,27-,28-,29-,30-;20-,23?,26-,27-,28-,29-/m00/s1. The third-order valence-corrected chi connectivity index (χ3v) is 25.3. The van der Waals surface area contributed by atoms with Crippen molar-refractivity contribution in [3.63, 3.8) is 0 Å². The molecule has 0 radical (unpaired) electrons. The maximum absolute atomic E-state index is 14.0. The lowest BCUT2D eigenvalue weighted by molar-refractivity contribution is -0.143. The van der Waals surface area contributed by atoms with E-state index in [1.807, 2.05) is 48.5 Å². The Bertz CT molecular complexity index is 4820. The van der Waals surface area contributed by atoms with Crippen LogP contribution in [-0.2, 0) is 109 Å². The van der Waals surface area contributed by atoms with Crippen LogP contribution in [-0.4, -0.2) is 284 Å². The molecule has 5 fully saturated rings. The molecule has 0 bridgehead atoms. The van der Waals surface area contributed by atoms with Gasteiger partial charge in [0.05, 0.1) is 57.8 Å². The van der Waals surface area contributed by atoms with Crippen LogP contribution in [0.4, 0.5) is 5.69 Å². The molecule has 125 heavy (non-hydrogen) atoms. The Hall–Kier alpha value is -12.1. The Kier molecular flexibility index (Phi) is 36.5. The molecule has 5 aromatic rings. The SMILES string of the molecule is C[C@@H]1NC(=O)[C@H](CC(=O)O)NC(=O)CNC(=O)[C@H](CC(=O)Nc2ccc(C(=N)N)cc2)NC(=O)CCSSC[C@@H](C(N)=O)NC(=O)[C@@H]2CC(OCc3c[nH]c4ccccc34)CN2C1=O.C[C@@H]1NC(=O)[C@H](CC(=O)O)NC(=O)CNC(=O)[C@H](CNC(=O)C2CCNCC2)NC(=O)CCSSC[C@@H](C(N)=O)NC(=O)[C@@H]2CC(OCc3c[nH]c4ccccc34)CN2C1=O. The van der Waals surface area contributed by atoms with Gasteiger partial charge in [0.25, 0.3) is 0 Å². The van der Waals surface area contributed by atoms with Gasteiger partial charge in [-0.25, -0.2) is 0 Å². The molecule has 0 spiro atoms. The average molecular weight is 1810 g/mol. The van der Waals surface area contributed by atoms with Crippen LogP contribution in [0.1, 0.15) is 88.3 Å². The summed E-state index contributed by atoms with van der Waals surface area (Å²) in [4.78, 5) is 245. The number of aromatic amines is 2. The number of fused-ring (bicyclic) bond motifs is 4. The summed E-state index contributed by atoms with van der Waals surface area (Å²) in [5.41, 5.74) is 21.0. The molecule has 5 aliphatic rings. The largest absolute Gasteiger partial charge is 0.481 e. The maximum atomic E-state index is 14.0. The van der Waals surface area contributed by atoms with Crippen molar-refractivity contribution in [3.8, 4) is 0 Å². The molecule has 16 amide bonds. The van der Waals surface area contributed by atoms with Gasteiger partial charge in [-0.3, -0.25) is 91.7 Å². The maximum Gasteiger partial charge on any atom is 0.305 e. The predicted molar refractivity (Wildman–Crippen MR) is 458 cm³/mol. The monoisotopic (exact) mass is 1810 g/mol. The number of nitrogen functional groups attached to an aromatic ring is 1. The van der Waals surface area contributed by atoms with Crippen molar-refractivity contribution in [3.05, 3.63) is 102 Å². The molecule has 43 nitrogen and oxygen atoms in total. The predicted octanol–water partition coefficient (Wildman–Crippen LogP) is -3.62. The Morgan fingerprint density at radius 2 is 0.936 bits per heavy atom. The van der Waals surface area contributed by atoms with Crippen molar-refractivity contribution in [2.75, 3.05) is 74.1 Å². The van der Waals surface area contributed by atoms with Crippen LogP contribution in [0.5, 0.6) is 0 Å². The number of H-pyrrole nitrogens is 2. The number of aromatic nitrogens is 2. The third kappa shape index (κ3) is 29.3. The summed E-state index contributed by atoms with van der Waals surface area (Å²) in [6, 6.07) is 7.36. The number of carboxylic acid groups (broad SMARTS) is 2. The molecule has 5 aliphatic heterocycles. The van der Waals surface area contributed by atoms with Gasteiger partial charge in [0.2, 0.25) is 94.5 Å². The molecule has 24 N–H and O–H groups in total. The first kappa shape index (κ1) is 96.8. The van der Waals surface area contributed by atoms with Gasteiger partial charge in [0, 0.05) is 131 Å². The van der Waals surface area contributed by atoms with Gasteiger partial charge < -0.3 is 126 Å². The van der Waals surface area contributed by atoms with Gasteiger partial charge in [-0.1, -0.05) is 79.6 Å². The molecule has 3 aromatic carbocycles. The Labute approximate surface area is 730 Å². The minimum Gasteiger partial charge on any atom is -0.481 e. The number of nitrogens with one attached hydrogen (secondary N) is 16. The molecule has 0 aliphatic carbocycles. The van der Waals surface area contributed by atoms with E-state index in [0.29, 0.717) is 37.2 Å². The van der Waals surface area contributed by atoms with Crippen LogP contribution >= 0.6 is 43.2 Å². The van der Waals surface area contributed by atoms with Crippen molar-refractivity contribution in [2.45, 2.75) is 157 Å². The van der Waals surface area contributed by atoms with Crippen LogP contribution in [0.15, 0.2) is 85.2 Å². The summed E-state index contributed by atoms with van der Waals surface area (Å²) in [7, 11) is 4.64. The number of carbonyl (C=O) groups excluding carboxylic acids is 16. The minimum atomic E-state index is -1.74. The number of hydrogen-bond donors (Lipinski definition) is 21. The fourth-order valence-electron chi connectivity index (χ4n) is 13.9. The zero-order chi connectivity index (χ0) is 90.6. The Morgan fingerprint density at radius 1 is 0.512 bits per heavy atom. The number of benzene rings is 3. The molecule has 10 rings (SSSR count). The van der Waals surface area contributed by atoms with Crippen LogP contribution in [0.2, 0.25) is 0 Å². The fraction of sp³-hybridized carbons (Fsp3) is 0.474. The first-order valence-electron chi connectivity index (χ1n) is 39.8. The number of primary amides is 2. The highest BCUT2D eigenvalue weighted by Crippen LogP contribution is 2.30.